The van der Waals surface area contributed by atoms with E-state index in [1.807, 2.05) is 36.4 Å². The number of hydrogen-bond donors (Lipinski definition) is 1. The Morgan fingerprint density at radius 2 is 1.15 bits per heavy atom. The van der Waals surface area contributed by atoms with Crippen molar-refractivity contribution in [3.63, 3.8) is 0 Å². The van der Waals surface area contributed by atoms with Crippen LogP contribution in [0.25, 0.3) is 12.2 Å². The van der Waals surface area contributed by atoms with Gasteiger partial charge in [0, 0.05) is 13.1 Å². The highest BCUT2D eigenvalue weighted by atomic mass is 16.5. The summed E-state index contributed by atoms with van der Waals surface area (Å²) in [6.07, 6.45) is 4.24. The van der Waals surface area contributed by atoms with E-state index in [2.05, 4.69) is 41.7 Å². The van der Waals surface area contributed by atoms with Crippen molar-refractivity contribution < 1.29 is 4.74 Å². The maximum absolute atomic E-state index is 5.01. The first-order chi connectivity index (χ1) is 9.95. The molecular formula is C18H21NO. The van der Waals surface area contributed by atoms with Gasteiger partial charge in [0.1, 0.15) is 0 Å². The largest absolute Gasteiger partial charge is 0.379 e. The fraction of sp³-hybridized carbons (Fsp3) is 0.222. The molecule has 0 aliphatic carbocycles. The molecule has 0 amide bonds. The molecule has 1 N–H and O–H groups in total. The third kappa shape index (κ3) is 5.83. The van der Waals surface area contributed by atoms with Crippen LogP contribution >= 0.6 is 0 Å². The van der Waals surface area contributed by atoms with Crippen LogP contribution in [0.2, 0.25) is 0 Å². The van der Waals surface area contributed by atoms with Gasteiger partial charge < -0.3 is 10.1 Å². The van der Waals surface area contributed by atoms with Crippen molar-refractivity contribution in [2.75, 3.05) is 26.3 Å². The van der Waals surface area contributed by atoms with Crippen LogP contribution in [0.5, 0.6) is 0 Å². The van der Waals surface area contributed by atoms with Gasteiger partial charge in [-0.2, -0.15) is 0 Å². The van der Waals surface area contributed by atoms with Crippen molar-refractivity contribution in [3.05, 3.63) is 71.8 Å². The van der Waals surface area contributed by atoms with Gasteiger partial charge in [-0.15, -0.1) is 0 Å². The fourth-order valence-corrected chi connectivity index (χ4v) is 1.84. The van der Waals surface area contributed by atoms with Crippen molar-refractivity contribution in [2.45, 2.75) is 0 Å². The van der Waals surface area contributed by atoms with Gasteiger partial charge in [-0.1, -0.05) is 72.8 Å². The van der Waals surface area contributed by atoms with Gasteiger partial charge in [0.2, 0.25) is 0 Å². The molecule has 1 heterocycles. The lowest BCUT2D eigenvalue weighted by molar-refractivity contribution is 0.109. The second-order valence-corrected chi connectivity index (χ2v) is 4.52. The van der Waals surface area contributed by atoms with Gasteiger partial charge in [0.15, 0.2) is 0 Å². The van der Waals surface area contributed by atoms with Crippen LogP contribution in [-0.2, 0) is 4.74 Å². The van der Waals surface area contributed by atoms with E-state index in [1.165, 1.54) is 11.1 Å². The average molecular weight is 267 g/mol. The lowest BCUT2D eigenvalue weighted by Gasteiger charge is -2.10. The van der Waals surface area contributed by atoms with Crippen molar-refractivity contribution in [1.82, 2.24) is 5.32 Å². The normalized spacial score (nSPS) is 14.6. The number of morpholine rings is 1. The SMILES string of the molecule is C(=Cc1ccccc1)c1ccccc1.C1COCCN1. The molecule has 1 fully saturated rings. The summed E-state index contributed by atoms with van der Waals surface area (Å²) < 4.78 is 5.01. The molecule has 2 aromatic rings. The molecule has 1 saturated heterocycles. The second-order valence-electron chi connectivity index (χ2n) is 4.52. The van der Waals surface area contributed by atoms with Crippen LogP contribution in [0.1, 0.15) is 11.1 Å². The first-order valence-electron chi connectivity index (χ1n) is 7.02. The molecular weight excluding hydrogens is 246 g/mol. The van der Waals surface area contributed by atoms with E-state index in [9.17, 15) is 0 Å². The molecule has 2 nitrogen and oxygen atoms in total. The van der Waals surface area contributed by atoms with Crippen LogP contribution in [0.4, 0.5) is 0 Å². The molecule has 104 valence electrons. The van der Waals surface area contributed by atoms with Crippen LogP contribution in [-0.4, -0.2) is 26.3 Å². The van der Waals surface area contributed by atoms with Crippen LogP contribution in [0, 0.1) is 0 Å². The molecule has 2 heteroatoms. The number of rotatable bonds is 2. The topological polar surface area (TPSA) is 21.3 Å². The Morgan fingerprint density at radius 3 is 1.45 bits per heavy atom. The van der Waals surface area contributed by atoms with E-state index in [1.54, 1.807) is 0 Å². The molecule has 1 aliphatic rings. The Morgan fingerprint density at radius 1 is 0.700 bits per heavy atom. The third-order valence-electron chi connectivity index (χ3n) is 2.91. The van der Waals surface area contributed by atoms with Gasteiger partial charge in [-0.05, 0) is 11.1 Å². The summed E-state index contributed by atoms with van der Waals surface area (Å²) in [6, 6.07) is 20.6. The molecule has 0 unspecified atom stereocenters. The fourth-order valence-electron chi connectivity index (χ4n) is 1.84. The minimum Gasteiger partial charge on any atom is -0.379 e. The van der Waals surface area contributed by atoms with Crippen LogP contribution < -0.4 is 5.32 Å². The zero-order chi connectivity index (χ0) is 13.9. The molecule has 0 radical (unpaired) electrons. The van der Waals surface area contributed by atoms with Crippen molar-refractivity contribution in [2.24, 2.45) is 0 Å². The predicted molar refractivity (Wildman–Crippen MR) is 85.5 cm³/mol. The summed E-state index contributed by atoms with van der Waals surface area (Å²) in [7, 11) is 0. The molecule has 0 atom stereocenters. The Kier molecular flexibility index (Phi) is 6.58. The van der Waals surface area contributed by atoms with Crippen LogP contribution in [0.15, 0.2) is 60.7 Å². The zero-order valence-electron chi connectivity index (χ0n) is 11.7. The summed E-state index contributed by atoms with van der Waals surface area (Å²) >= 11 is 0. The van der Waals surface area contributed by atoms with Crippen molar-refractivity contribution in [1.29, 1.82) is 0 Å². The Hall–Kier alpha value is -1.90. The number of benzene rings is 2. The molecule has 20 heavy (non-hydrogen) atoms. The average Bonchev–Trinajstić information content (AvgIpc) is 2.57. The minimum absolute atomic E-state index is 0.889. The lowest BCUT2D eigenvalue weighted by atomic mass is 10.1. The molecule has 1 aliphatic heterocycles. The number of ether oxygens (including phenoxy) is 1. The Balaban J connectivity index is 0.000000205. The predicted octanol–water partition coefficient (Wildman–Crippen LogP) is 3.46. The van der Waals surface area contributed by atoms with Gasteiger partial charge in [0.05, 0.1) is 13.2 Å². The van der Waals surface area contributed by atoms with E-state index in [-0.39, 0.29) is 0 Å². The van der Waals surface area contributed by atoms with Gasteiger partial charge >= 0.3 is 0 Å². The lowest BCUT2D eigenvalue weighted by Crippen LogP contribution is -2.30. The summed E-state index contributed by atoms with van der Waals surface area (Å²) in [5.41, 5.74) is 2.47. The molecule has 0 saturated carbocycles. The van der Waals surface area contributed by atoms with Crippen molar-refractivity contribution >= 4 is 12.2 Å². The van der Waals surface area contributed by atoms with Gasteiger partial charge in [0.25, 0.3) is 0 Å². The summed E-state index contributed by atoms with van der Waals surface area (Å²) in [5, 5.41) is 3.16. The molecule has 0 aromatic heterocycles. The highest BCUT2D eigenvalue weighted by molar-refractivity contribution is 5.69. The smallest absolute Gasteiger partial charge is 0.0591 e. The third-order valence-corrected chi connectivity index (χ3v) is 2.91. The van der Waals surface area contributed by atoms with Gasteiger partial charge in [-0.3, -0.25) is 0 Å². The molecule has 3 rings (SSSR count). The summed E-state index contributed by atoms with van der Waals surface area (Å²) in [5.74, 6) is 0. The van der Waals surface area contributed by atoms with E-state index >= 15 is 0 Å². The Bertz CT molecular complexity index is 436. The zero-order valence-corrected chi connectivity index (χ0v) is 11.7. The number of hydrogen-bond acceptors (Lipinski definition) is 2. The monoisotopic (exact) mass is 267 g/mol. The van der Waals surface area contributed by atoms with Crippen LogP contribution in [0.3, 0.4) is 0 Å². The highest BCUT2D eigenvalue weighted by Crippen LogP contribution is 2.06. The molecule has 0 bridgehead atoms. The Labute approximate surface area is 121 Å². The van der Waals surface area contributed by atoms with E-state index in [0.717, 1.165) is 26.3 Å². The maximum Gasteiger partial charge on any atom is 0.0591 e. The second kappa shape index (κ2) is 9.08. The standard InChI is InChI=1S/C14H12.C4H9NO/c1-3-7-13(8-4-1)11-12-14-9-5-2-6-10-14;1-3-6-4-2-5-1/h1-12H;5H,1-4H2. The quantitative estimate of drug-likeness (QED) is 0.841. The summed E-state index contributed by atoms with van der Waals surface area (Å²) in [6.45, 7) is 3.83. The van der Waals surface area contributed by atoms with E-state index in [4.69, 9.17) is 4.74 Å². The summed E-state index contributed by atoms with van der Waals surface area (Å²) in [4.78, 5) is 0. The number of nitrogens with one attached hydrogen (secondary N) is 1. The van der Waals surface area contributed by atoms with Crippen molar-refractivity contribution in [3.8, 4) is 0 Å². The first kappa shape index (κ1) is 14.5. The first-order valence-corrected chi connectivity index (χ1v) is 7.02. The van der Waals surface area contributed by atoms with Gasteiger partial charge in [-0.25, -0.2) is 0 Å². The van der Waals surface area contributed by atoms with E-state index < -0.39 is 0 Å². The highest BCUT2D eigenvalue weighted by Gasteiger charge is 1.93. The molecule has 2 aromatic carbocycles. The minimum atomic E-state index is 0.889. The maximum atomic E-state index is 5.01. The van der Waals surface area contributed by atoms with E-state index in [0.29, 0.717) is 0 Å². The molecule has 0 spiro atoms.